The first-order valence-electron chi connectivity index (χ1n) is 10.2. The van der Waals surface area contributed by atoms with Gasteiger partial charge >= 0.3 is 5.97 Å². The average molecular weight is 587 g/mol. The third-order valence-corrected chi connectivity index (χ3v) is 6.53. The number of anilines is 2. The second kappa shape index (κ2) is 8.77. The third kappa shape index (κ3) is 3.92. The molecule has 2 amide bonds. The minimum Gasteiger partial charge on any atom is -0.479 e. The molecule has 0 saturated heterocycles. The van der Waals surface area contributed by atoms with E-state index in [-0.39, 0.29) is 11.4 Å². The van der Waals surface area contributed by atoms with E-state index >= 15 is 0 Å². The number of carbonyl (C=O) groups excluding carboxylic acids is 2. The standard InChI is InChI=1S/C25H16ClIN2O5/c26-16-7-5-14(6-8-16)23(25(32)33)28-13-21(30)29(19-10-9-17(27)12-18(19)24(28)31)22-11-15-3-1-2-4-20(15)34-22/h1-12,23H,13H2,(H,32,33). The zero-order valence-corrected chi connectivity index (χ0v) is 20.4. The van der Waals surface area contributed by atoms with Gasteiger partial charge in [-0.3, -0.25) is 9.59 Å². The third-order valence-electron chi connectivity index (χ3n) is 5.61. The molecule has 0 bridgehead atoms. The summed E-state index contributed by atoms with van der Waals surface area (Å²) in [5, 5.41) is 11.3. The number of benzene rings is 3. The molecule has 1 unspecified atom stereocenters. The van der Waals surface area contributed by atoms with Crippen LogP contribution in [0.3, 0.4) is 0 Å². The SMILES string of the molecule is O=C(O)C(c1ccc(Cl)cc1)N1CC(=O)N(c2cc3ccccc3o2)c2ccc(I)cc2C1=O. The van der Waals surface area contributed by atoms with Gasteiger partial charge in [0.25, 0.3) is 11.8 Å². The molecule has 0 aliphatic carbocycles. The lowest BCUT2D eigenvalue weighted by atomic mass is 10.0. The van der Waals surface area contributed by atoms with Crippen molar-refractivity contribution in [1.29, 1.82) is 0 Å². The Morgan fingerprint density at radius 3 is 2.47 bits per heavy atom. The first kappa shape index (κ1) is 22.4. The highest BCUT2D eigenvalue weighted by Gasteiger charge is 2.40. The maximum atomic E-state index is 13.7. The molecule has 4 aromatic rings. The first-order chi connectivity index (χ1) is 16.3. The zero-order chi connectivity index (χ0) is 24.0. The lowest BCUT2D eigenvalue weighted by molar-refractivity contribution is -0.143. The maximum Gasteiger partial charge on any atom is 0.331 e. The summed E-state index contributed by atoms with van der Waals surface area (Å²) in [5.41, 5.74) is 1.47. The molecule has 0 radical (unpaired) electrons. The van der Waals surface area contributed by atoms with E-state index in [4.69, 9.17) is 16.0 Å². The topological polar surface area (TPSA) is 91.1 Å². The Kier molecular flexibility index (Phi) is 5.78. The number of hydrogen-bond donors (Lipinski definition) is 1. The van der Waals surface area contributed by atoms with Crippen LogP contribution in [0.1, 0.15) is 22.0 Å². The molecule has 0 saturated carbocycles. The van der Waals surface area contributed by atoms with E-state index in [9.17, 15) is 19.5 Å². The molecule has 1 atom stereocenters. The van der Waals surface area contributed by atoms with Crippen LogP contribution in [0.15, 0.2) is 77.2 Å². The van der Waals surface area contributed by atoms with E-state index < -0.39 is 30.4 Å². The molecular weight excluding hydrogens is 571 g/mol. The van der Waals surface area contributed by atoms with Crippen LogP contribution < -0.4 is 4.90 Å². The molecule has 2 heterocycles. The Labute approximate surface area is 212 Å². The fraction of sp³-hybridized carbons (Fsp3) is 0.0800. The number of halogens is 2. The molecule has 1 aliphatic rings. The number of hydrogen-bond acceptors (Lipinski definition) is 4. The molecule has 34 heavy (non-hydrogen) atoms. The van der Waals surface area contributed by atoms with Gasteiger partial charge in [-0.25, -0.2) is 9.69 Å². The lowest BCUT2D eigenvalue weighted by Crippen LogP contribution is -2.42. The van der Waals surface area contributed by atoms with Crippen molar-refractivity contribution in [2.75, 3.05) is 11.4 Å². The minimum atomic E-state index is -1.38. The Bertz CT molecular complexity index is 1420. The molecule has 1 N–H and O–H groups in total. The van der Waals surface area contributed by atoms with E-state index in [2.05, 4.69) is 22.6 Å². The number of carbonyl (C=O) groups is 3. The van der Waals surface area contributed by atoms with Crippen LogP contribution in [0.2, 0.25) is 5.02 Å². The lowest BCUT2D eigenvalue weighted by Gasteiger charge is -2.27. The molecule has 7 nitrogen and oxygen atoms in total. The largest absolute Gasteiger partial charge is 0.479 e. The second-order valence-corrected chi connectivity index (χ2v) is 9.42. The Hall–Kier alpha value is -3.37. The van der Waals surface area contributed by atoms with Crippen LogP contribution in [0.4, 0.5) is 11.6 Å². The predicted octanol–water partition coefficient (Wildman–Crippen LogP) is 5.64. The molecule has 0 fully saturated rings. The van der Waals surface area contributed by atoms with Crippen molar-refractivity contribution >= 4 is 74.5 Å². The van der Waals surface area contributed by atoms with Crippen LogP contribution in [0.25, 0.3) is 11.0 Å². The van der Waals surface area contributed by atoms with Crippen molar-refractivity contribution in [1.82, 2.24) is 4.90 Å². The molecule has 1 aliphatic heterocycles. The fourth-order valence-corrected chi connectivity index (χ4v) is 4.70. The number of aliphatic carboxylic acids is 1. The summed E-state index contributed by atoms with van der Waals surface area (Å²) < 4.78 is 6.70. The van der Waals surface area contributed by atoms with Crippen molar-refractivity contribution in [3.8, 4) is 0 Å². The quantitative estimate of drug-likeness (QED) is 0.313. The number of amides is 2. The smallest absolute Gasteiger partial charge is 0.331 e. The number of nitrogens with zero attached hydrogens (tertiary/aromatic N) is 2. The van der Waals surface area contributed by atoms with Gasteiger partial charge in [0.2, 0.25) is 5.88 Å². The molecule has 3 aromatic carbocycles. The summed E-state index contributed by atoms with van der Waals surface area (Å²) in [6, 6.07) is 18.9. The van der Waals surface area contributed by atoms with Gasteiger partial charge in [-0.2, -0.15) is 0 Å². The van der Waals surface area contributed by atoms with Gasteiger partial charge in [-0.05, 0) is 64.6 Å². The summed E-state index contributed by atoms with van der Waals surface area (Å²) in [5.74, 6) is -2.06. The minimum absolute atomic E-state index is 0.207. The number of rotatable bonds is 4. The summed E-state index contributed by atoms with van der Waals surface area (Å²) in [7, 11) is 0. The van der Waals surface area contributed by atoms with Crippen LogP contribution in [-0.2, 0) is 9.59 Å². The van der Waals surface area contributed by atoms with Gasteiger partial charge in [0.1, 0.15) is 12.1 Å². The molecule has 0 spiro atoms. The van der Waals surface area contributed by atoms with Gasteiger partial charge < -0.3 is 14.4 Å². The van der Waals surface area contributed by atoms with Crippen LogP contribution in [0, 0.1) is 3.57 Å². The van der Waals surface area contributed by atoms with Crippen molar-refractivity contribution in [2.45, 2.75) is 6.04 Å². The molecule has 5 rings (SSSR count). The van der Waals surface area contributed by atoms with E-state index in [1.807, 2.05) is 18.2 Å². The van der Waals surface area contributed by atoms with Gasteiger partial charge in [0.15, 0.2) is 6.04 Å². The first-order valence-corrected chi connectivity index (χ1v) is 11.7. The van der Waals surface area contributed by atoms with Crippen LogP contribution >= 0.6 is 34.2 Å². The normalized spacial score (nSPS) is 14.8. The monoisotopic (exact) mass is 586 g/mol. The summed E-state index contributed by atoms with van der Waals surface area (Å²) in [4.78, 5) is 42.0. The average Bonchev–Trinajstić information content (AvgIpc) is 3.20. The summed E-state index contributed by atoms with van der Waals surface area (Å²) >= 11 is 8.04. The van der Waals surface area contributed by atoms with Crippen molar-refractivity contribution in [3.05, 3.63) is 92.5 Å². The summed E-state index contributed by atoms with van der Waals surface area (Å²) in [6.07, 6.45) is 0. The Morgan fingerprint density at radius 1 is 1.03 bits per heavy atom. The number of fused-ring (bicyclic) bond motifs is 2. The number of carboxylic acids is 1. The highest BCUT2D eigenvalue weighted by atomic mass is 127. The van der Waals surface area contributed by atoms with Crippen molar-refractivity contribution < 1.29 is 23.9 Å². The van der Waals surface area contributed by atoms with Gasteiger partial charge in [-0.1, -0.05) is 41.9 Å². The zero-order valence-electron chi connectivity index (χ0n) is 17.4. The van der Waals surface area contributed by atoms with Crippen molar-refractivity contribution in [3.63, 3.8) is 0 Å². The van der Waals surface area contributed by atoms with E-state index in [1.54, 1.807) is 42.5 Å². The van der Waals surface area contributed by atoms with E-state index in [0.717, 1.165) is 13.9 Å². The van der Waals surface area contributed by atoms with Crippen LogP contribution in [0.5, 0.6) is 0 Å². The van der Waals surface area contributed by atoms with E-state index in [1.165, 1.54) is 17.0 Å². The second-order valence-electron chi connectivity index (χ2n) is 7.74. The highest BCUT2D eigenvalue weighted by Crippen LogP contribution is 2.38. The summed E-state index contributed by atoms with van der Waals surface area (Å²) in [6.45, 7) is -0.458. The number of furan rings is 1. The van der Waals surface area contributed by atoms with Gasteiger partial charge in [-0.15, -0.1) is 0 Å². The molecule has 9 heteroatoms. The van der Waals surface area contributed by atoms with Gasteiger partial charge in [0, 0.05) is 20.0 Å². The van der Waals surface area contributed by atoms with Crippen LogP contribution in [-0.4, -0.2) is 34.3 Å². The maximum absolute atomic E-state index is 13.7. The number of carboxylic acid groups (broad SMARTS) is 1. The molecular formula is C25H16ClIN2O5. The Balaban J connectivity index is 1.66. The van der Waals surface area contributed by atoms with Gasteiger partial charge in [0.05, 0.1) is 11.3 Å². The fourth-order valence-electron chi connectivity index (χ4n) is 4.08. The van der Waals surface area contributed by atoms with E-state index in [0.29, 0.717) is 21.9 Å². The Morgan fingerprint density at radius 2 is 1.76 bits per heavy atom. The number of para-hydroxylation sites is 1. The molecule has 170 valence electrons. The molecule has 1 aromatic heterocycles. The van der Waals surface area contributed by atoms with Crippen molar-refractivity contribution in [2.24, 2.45) is 0 Å². The highest BCUT2D eigenvalue weighted by molar-refractivity contribution is 14.1. The predicted molar refractivity (Wildman–Crippen MR) is 135 cm³/mol.